The lowest BCUT2D eigenvalue weighted by atomic mass is 9.58. The number of carbonyl (C=O) groups is 2. The topological polar surface area (TPSA) is 132 Å². The molecule has 3 aromatic carbocycles. The molecule has 10 heteroatoms. The largest absolute Gasteiger partial charge is 0.507 e. The Balaban J connectivity index is 1.15. The molecule has 2 saturated heterocycles. The van der Waals surface area contributed by atoms with Crippen LogP contribution in [0, 0.1) is 31.6 Å². The Hall–Kier alpha value is -5.03. The molecule has 9 nitrogen and oxygen atoms in total. The lowest BCUT2D eigenvalue weighted by Crippen LogP contribution is -2.46. The van der Waals surface area contributed by atoms with Gasteiger partial charge >= 0.3 is 7.12 Å². The minimum absolute atomic E-state index is 0.165. The number of nitrogens with zero attached hydrogens (tertiary/aromatic N) is 2. The number of aromatic nitrogens is 1. The number of hydrogen-bond donors (Lipinski definition) is 4. The molecule has 4 N–H and O–H groups in total. The van der Waals surface area contributed by atoms with Crippen molar-refractivity contribution >= 4 is 47.6 Å². The molecule has 0 spiro atoms. The molecule has 3 aliphatic rings. The van der Waals surface area contributed by atoms with Gasteiger partial charge in [0.15, 0.2) is 0 Å². The fraction of sp³-hybridized carbons (Fsp3) is 0.275. The van der Waals surface area contributed by atoms with Gasteiger partial charge in [0.25, 0.3) is 0 Å². The number of rotatable bonds is 9. The molecule has 3 heterocycles. The van der Waals surface area contributed by atoms with Crippen LogP contribution in [0.5, 0.6) is 5.75 Å². The molecule has 0 unspecified atom stereocenters. The van der Waals surface area contributed by atoms with Crippen LogP contribution in [0.25, 0.3) is 11.6 Å². The van der Waals surface area contributed by atoms with Gasteiger partial charge in [-0.15, -0.1) is 0 Å². The quantitative estimate of drug-likeness (QED) is 0.0907. The maximum Gasteiger partial charge on any atom is 0.455 e. The molecule has 4 aromatic rings. The van der Waals surface area contributed by atoms with Crippen LogP contribution >= 0.6 is 0 Å². The number of carbonyl (C=O) groups excluding carboxylic acids is 2. The third-order valence-electron chi connectivity index (χ3n) is 10.2. The fourth-order valence-corrected chi connectivity index (χ4v) is 7.93. The molecule has 2 amide bonds. The van der Waals surface area contributed by atoms with E-state index in [0.29, 0.717) is 24.1 Å². The summed E-state index contributed by atoms with van der Waals surface area (Å²) in [5.41, 5.74) is 7.98. The number of allylic oxidation sites excluding steroid dienone is 1. The van der Waals surface area contributed by atoms with Crippen molar-refractivity contribution in [3.8, 4) is 5.75 Å². The number of fused-ring (bicyclic) bond motifs is 3. The van der Waals surface area contributed by atoms with Gasteiger partial charge in [0.05, 0.1) is 35.9 Å². The number of para-hydroxylation sites is 1. The van der Waals surface area contributed by atoms with Crippen molar-refractivity contribution < 1.29 is 29.5 Å². The number of benzene rings is 3. The predicted molar refractivity (Wildman–Crippen MR) is 194 cm³/mol. The van der Waals surface area contributed by atoms with Gasteiger partial charge < -0.3 is 25.2 Å². The van der Waals surface area contributed by atoms with Crippen molar-refractivity contribution in [3.63, 3.8) is 0 Å². The van der Waals surface area contributed by atoms with Crippen molar-refractivity contribution in [2.45, 2.75) is 45.5 Å². The zero-order valence-electron chi connectivity index (χ0n) is 28.1. The Morgan fingerprint density at radius 1 is 0.960 bits per heavy atom. The lowest BCUT2D eigenvalue weighted by Gasteiger charge is -2.42. The van der Waals surface area contributed by atoms with Crippen LogP contribution in [-0.2, 0) is 14.2 Å². The highest BCUT2D eigenvalue weighted by Gasteiger charge is 2.57. The third kappa shape index (κ3) is 6.49. The molecule has 2 aliphatic heterocycles. The maximum atomic E-state index is 14.2. The zero-order chi connectivity index (χ0) is 34.9. The normalized spacial score (nSPS) is 22.1. The van der Waals surface area contributed by atoms with E-state index in [-0.39, 0.29) is 36.9 Å². The average Bonchev–Trinajstić information content (AvgIpc) is 3.38. The number of aryl methyl sites for hydroxylation is 2. The van der Waals surface area contributed by atoms with Gasteiger partial charge in [-0.3, -0.25) is 19.5 Å². The summed E-state index contributed by atoms with van der Waals surface area (Å²) >= 11 is 0. The van der Waals surface area contributed by atoms with Gasteiger partial charge in [-0.1, -0.05) is 24.3 Å². The molecule has 50 heavy (non-hydrogen) atoms. The first kappa shape index (κ1) is 33.5. The Morgan fingerprint density at radius 2 is 1.66 bits per heavy atom. The van der Waals surface area contributed by atoms with Gasteiger partial charge in [-0.05, 0) is 145 Å². The van der Waals surface area contributed by atoms with Gasteiger partial charge in [0.2, 0.25) is 11.8 Å². The molecule has 7 rings (SSSR count). The van der Waals surface area contributed by atoms with Crippen LogP contribution in [-0.4, -0.2) is 51.9 Å². The number of aromatic hydroxyl groups is 1. The first-order valence-corrected chi connectivity index (χ1v) is 17.1. The number of phenols is 1. The number of aliphatic hydroxyl groups is 1. The van der Waals surface area contributed by atoms with E-state index < -0.39 is 31.0 Å². The summed E-state index contributed by atoms with van der Waals surface area (Å²) < 4.78 is 6.15. The van der Waals surface area contributed by atoms with E-state index in [4.69, 9.17) is 4.65 Å². The standard InChI is InChI=1S/C40H40BN3O6/c1-24-18-26(19-25(2)38(24)46)20-27(34-10-6-7-17-42-34)11-16-35-36-28(23-45)21-32-37(33(36)22-41(49)50-35)40(48)44(39(32)47)31-14-12-30(13-15-31)43-29-8-4-3-5-9-29/h3-10,12-15,17-20,32-33,35,37,43,45-46,49H,11,16,21-23H2,1-2H3/b27-20-/t32-,33+,35-,37-/m1/s1. The number of phenolic OH excluding ortho intramolecular Hbond substituents is 1. The van der Waals surface area contributed by atoms with E-state index in [2.05, 4.69) is 16.4 Å². The number of imide groups is 1. The second-order valence-corrected chi connectivity index (χ2v) is 13.5. The van der Waals surface area contributed by atoms with E-state index in [1.807, 2.05) is 86.6 Å². The molecule has 0 bridgehead atoms. The smallest absolute Gasteiger partial charge is 0.455 e. The van der Waals surface area contributed by atoms with E-state index in [1.54, 1.807) is 18.3 Å². The molecule has 1 aromatic heterocycles. The first-order chi connectivity index (χ1) is 24.2. The number of hydrogen-bond acceptors (Lipinski definition) is 8. The summed E-state index contributed by atoms with van der Waals surface area (Å²) in [4.78, 5) is 34.0. The van der Waals surface area contributed by atoms with Crippen molar-refractivity contribution in [3.05, 3.63) is 125 Å². The highest BCUT2D eigenvalue weighted by Crippen LogP contribution is 2.51. The van der Waals surface area contributed by atoms with E-state index in [1.165, 1.54) is 4.90 Å². The number of nitrogens with one attached hydrogen (secondary N) is 1. The van der Waals surface area contributed by atoms with Gasteiger partial charge in [0, 0.05) is 17.6 Å². The monoisotopic (exact) mass is 669 g/mol. The summed E-state index contributed by atoms with van der Waals surface area (Å²) in [5, 5.41) is 35.3. The average molecular weight is 670 g/mol. The Morgan fingerprint density at radius 3 is 2.34 bits per heavy atom. The summed E-state index contributed by atoms with van der Waals surface area (Å²) in [7, 11) is -1.13. The van der Waals surface area contributed by atoms with Gasteiger partial charge in [-0.25, -0.2) is 0 Å². The fourth-order valence-electron chi connectivity index (χ4n) is 7.93. The number of amides is 2. The number of aliphatic hydroxyl groups excluding tert-OH is 1. The molecule has 2 fully saturated rings. The van der Waals surface area contributed by atoms with E-state index >= 15 is 0 Å². The molecular weight excluding hydrogens is 629 g/mol. The van der Waals surface area contributed by atoms with Crippen LogP contribution in [0.15, 0.2) is 102 Å². The van der Waals surface area contributed by atoms with Crippen LogP contribution in [0.1, 0.15) is 41.6 Å². The number of pyridine rings is 1. The van der Waals surface area contributed by atoms with Crippen molar-refractivity contribution in [2.75, 3.05) is 16.8 Å². The predicted octanol–water partition coefficient (Wildman–Crippen LogP) is 6.46. The Labute approximate surface area is 292 Å². The number of anilines is 3. The zero-order valence-corrected chi connectivity index (χ0v) is 28.1. The molecule has 0 radical (unpaired) electrons. The Bertz CT molecular complexity index is 1940. The van der Waals surface area contributed by atoms with E-state index in [0.717, 1.165) is 44.9 Å². The summed E-state index contributed by atoms with van der Waals surface area (Å²) in [6.45, 7) is 3.47. The summed E-state index contributed by atoms with van der Waals surface area (Å²) in [6.07, 6.45) is 4.63. The van der Waals surface area contributed by atoms with Crippen LogP contribution < -0.4 is 10.2 Å². The summed E-state index contributed by atoms with van der Waals surface area (Å²) in [6, 6.07) is 26.5. The van der Waals surface area contributed by atoms with E-state index in [9.17, 15) is 24.8 Å². The minimum Gasteiger partial charge on any atom is -0.507 e. The highest BCUT2D eigenvalue weighted by atomic mass is 16.5. The van der Waals surface area contributed by atoms with Gasteiger partial charge in [-0.2, -0.15) is 0 Å². The molecule has 0 saturated carbocycles. The Kier molecular flexibility index (Phi) is 9.42. The van der Waals surface area contributed by atoms with Crippen LogP contribution in [0.2, 0.25) is 6.32 Å². The second kappa shape index (κ2) is 14.1. The molecule has 254 valence electrons. The summed E-state index contributed by atoms with van der Waals surface area (Å²) in [5.74, 6) is -2.04. The maximum absolute atomic E-state index is 14.2. The second-order valence-electron chi connectivity index (χ2n) is 13.5. The van der Waals surface area contributed by atoms with Crippen LogP contribution in [0.4, 0.5) is 17.1 Å². The third-order valence-corrected chi connectivity index (χ3v) is 10.2. The first-order valence-electron chi connectivity index (χ1n) is 17.1. The van der Waals surface area contributed by atoms with Crippen LogP contribution in [0.3, 0.4) is 0 Å². The molecule has 1 aliphatic carbocycles. The molecular formula is C40H40BN3O6. The van der Waals surface area contributed by atoms with Gasteiger partial charge in [0.1, 0.15) is 5.75 Å². The minimum atomic E-state index is -1.13. The lowest BCUT2D eigenvalue weighted by molar-refractivity contribution is -0.122. The molecule has 4 atom stereocenters. The highest BCUT2D eigenvalue weighted by molar-refractivity contribution is 6.43. The van der Waals surface area contributed by atoms with Crippen molar-refractivity contribution in [2.24, 2.45) is 17.8 Å². The SMILES string of the molecule is Cc1cc(/C=C(/CC[C@H]2OB(O)C[C@H]3C2=C(CO)C[C@H]2C(=O)N(c4ccc(Nc5ccccc5)cc4)C(=O)[C@H]23)c2ccccn2)cc(C)c1O. The van der Waals surface area contributed by atoms with Crippen molar-refractivity contribution in [1.82, 2.24) is 4.98 Å². The van der Waals surface area contributed by atoms with Crippen molar-refractivity contribution in [1.29, 1.82) is 0 Å².